The summed E-state index contributed by atoms with van der Waals surface area (Å²) in [6.45, 7) is 6.71. The first-order chi connectivity index (χ1) is 20.0. The Hall–Kier alpha value is -4.55. The lowest BCUT2D eigenvalue weighted by Gasteiger charge is -2.32. The summed E-state index contributed by atoms with van der Waals surface area (Å²) < 4.78 is 6.16. The molecule has 42 heavy (non-hydrogen) atoms. The molecule has 5 aromatic rings. The molecule has 4 aromatic carbocycles. The van der Waals surface area contributed by atoms with Gasteiger partial charge in [-0.15, -0.1) is 11.6 Å². The monoisotopic (exact) mass is 580 g/mol. The number of rotatable bonds is 9. The summed E-state index contributed by atoms with van der Waals surface area (Å²) in [5, 5.41) is 10.5. The van der Waals surface area contributed by atoms with Crippen LogP contribution in [0.15, 0.2) is 97.2 Å². The van der Waals surface area contributed by atoms with Crippen molar-refractivity contribution in [2.24, 2.45) is 5.73 Å². The molecule has 0 aliphatic rings. The van der Waals surface area contributed by atoms with Crippen molar-refractivity contribution in [1.82, 2.24) is 4.98 Å². The van der Waals surface area contributed by atoms with Crippen LogP contribution in [0.4, 0.5) is 0 Å². The van der Waals surface area contributed by atoms with Crippen molar-refractivity contribution < 1.29 is 19.4 Å². The minimum absolute atomic E-state index is 0.156. The van der Waals surface area contributed by atoms with Crippen molar-refractivity contribution in [3.8, 4) is 5.75 Å². The highest BCUT2D eigenvalue weighted by Crippen LogP contribution is 2.46. The van der Waals surface area contributed by atoms with E-state index in [4.69, 9.17) is 22.1 Å². The van der Waals surface area contributed by atoms with E-state index < -0.39 is 16.8 Å². The molecular formula is C35H33ClN2O4. The number of benzene rings is 4. The van der Waals surface area contributed by atoms with Gasteiger partial charge in [-0.3, -0.25) is 4.79 Å². The minimum Gasteiger partial charge on any atom is -0.489 e. The normalized spacial score (nSPS) is 13.0. The number of aromatic amines is 1. The van der Waals surface area contributed by atoms with Gasteiger partial charge < -0.3 is 20.6 Å². The lowest BCUT2D eigenvalue weighted by atomic mass is 9.77. The van der Waals surface area contributed by atoms with Gasteiger partial charge in [0.1, 0.15) is 17.2 Å². The summed E-state index contributed by atoms with van der Waals surface area (Å²) in [5.74, 6) is -0.907. The zero-order valence-electron chi connectivity index (χ0n) is 23.8. The molecule has 0 saturated carbocycles. The fourth-order valence-electron chi connectivity index (χ4n) is 5.47. The topological polar surface area (TPSA) is 105 Å². The number of carbonyl (C=O) groups is 2. The molecule has 5 rings (SSSR count). The van der Waals surface area contributed by atoms with E-state index in [1.54, 1.807) is 24.4 Å². The van der Waals surface area contributed by atoms with Crippen LogP contribution in [0.2, 0.25) is 0 Å². The third-order valence-electron chi connectivity index (χ3n) is 7.54. The third-order valence-corrected chi connectivity index (χ3v) is 8.10. The molecule has 1 amide bonds. The number of nitrogens with one attached hydrogen (secondary N) is 1. The predicted octanol–water partition coefficient (Wildman–Crippen LogP) is 7.57. The van der Waals surface area contributed by atoms with E-state index in [0.29, 0.717) is 40.8 Å². The molecule has 0 radical (unpaired) electrons. The standard InChI is InChI=1S/C35H33ClN2O4/c1-34(2,3)29-16-15-23(32(37)39)17-24(29)19-35(36,30-20-38-31-27(30)13-8-14-28(31)33(40)41)25-11-7-12-26(18-25)42-21-22-9-5-4-6-10-22/h4-18,20,38H,19,21H2,1-3H3,(H2,37,39)(H,40,41). The van der Waals surface area contributed by atoms with E-state index in [2.05, 4.69) is 25.8 Å². The Morgan fingerprint density at radius 1 is 0.905 bits per heavy atom. The fourth-order valence-corrected chi connectivity index (χ4v) is 5.89. The first-order valence-electron chi connectivity index (χ1n) is 13.7. The van der Waals surface area contributed by atoms with Gasteiger partial charge in [-0.1, -0.05) is 81.4 Å². The maximum absolute atomic E-state index is 12.2. The summed E-state index contributed by atoms with van der Waals surface area (Å²) in [7, 11) is 0. The number of ether oxygens (including phenoxy) is 1. The van der Waals surface area contributed by atoms with Gasteiger partial charge in [0.15, 0.2) is 0 Å². The van der Waals surface area contributed by atoms with E-state index in [0.717, 1.165) is 22.3 Å². The first kappa shape index (κ1) is 29.0. The first-order valence-corrected chi connectivity index (χ1v) is 14.1. The molecule has 1 atom stereocenters. The van der Waals surface area contributed by atoms with Gasteiger partial charge in [0.2, 0.25) is 5.91 Å². The second kappa shape index (κ2) is 11.4. The molecule has 1 aromatic heterocycles. The molecule has 1 heterocycles. The molecule has 7 heteroatoms. The Morgan fingerprint density at radius 2 is 1.64 bits per heavy atom. The molecule has 214 valence electrons. The lowest BCUT2D eigenvalue weighted by molar-refractivity contribution is 0.0698. The van der Waals surface area contributed by atoms with E-state index in [-0.39, 0.29) is 11.0 Å². The molecule has 0 spiro atoms. The molecule has 0 fully saturated rings. The van der Waals surface area contributed by atoms with Crippen LogP contribution in [0.5, 0.6) is 5.75 Å². The molecule has 4 N–H and O–H groups in total. The number of primary amides is 1. The van der Waals surface area contributed by atoms with Crippen LogP contribution in [0.25, 0.3) is 10.9 Å². The number of aromatic nitrogens is 1. The highest BCUT2D eigenvalue weighted by molar-refractivity contribution is 6.27. The van der Waals surface area contributed by atoms with Crippen LogP contribution in [-0.4, -0.2) is 22.0 Å². The Kier molecular flexibility index (Phi) is 7.85. The van der Waals surface area contributed by atoms with Crippen LogP contribution in [-0.2, 0) is 23.3 Å². The molecule has 0 saturated heterocycles. The number of carboxylic acids is 1. The van der Waals surface area contributed by atoms with Crippen LogP contribution in [0.3, 0.4) is 0 Å². The van der Waals surface area contributed by atoms with E-state index in [1.807, 2.05) is 72.8 Å². The quantitative estimate of drug-likeness (QED) is 0.156. The van der Waals surface area contributed by atoms with E-state index in [1.165, 1.54) is 0 Å². The highest BCUT2D eigenvalue weighted by Gasteiger charge is 2.37. The molecular weight excluding hydrogens is 548 g/mol. The Bertz CT molecular complexity index is 1770. The van der Waals surface area contributed by atoms with Gasteiger partial charge >= 0.3 is 5.97 Å². The van der Waals surface area contributed by atoms with Gasteiger partial charge in [0.25, 0.3) is 0 Å². The Labute approximate surface area is 250 Å². The average Bonchev–Trinajstić information content (AvgIpc) is 3.41. The molecule has 6 nitrogen and oxygen atoms in total. The SMILES string of the molecule is CC(C)(C)c1ccc(C(N)=O)cc1CC(Cl)(c1cccc(OCc2ccccc2)c1)c1c[nH]c2c(C(=O)O)cccc12. The molecule has 1 unspecified atom stereocenters. The van der Waals surface area contributed by atoms with Crippen molar-refractivity contribution in [3.63, 3.8) is 0 Å². The number of halogens is 1. The van der Waals surface area contributed by atoms with Crippen molar-refractivity contribution in [2.75, 3.05) is 0 Å². The second-order valence-corrected chi connectivity index (χ2v) is 12.1. The molecule has 0 aliphatic heterocycles. The number of alkyl halides is 1. The number of hydrogen-bond donors (Lipinski definition) is 3. The summed E-state index contributed by atoms with van der Waals surface area (Å²) in [5.41, 5.74) is 10.9. The smallest absolute Gasteiger partial charge is 0.337 e. The largest absolute Gasteiger partial charge is 0.489 e. The Balaban J connectivity index is 1.68. The number of hydrogen-bond acceptors (Lipinski definition) is 3. The number of amides is 1. The van der Waals surface area contributed by atoms with Crippen LogP contribution in [0, 0.1) is 0 Å². The maximum Gasteiger partial charge on any atom is 0.337 e. The minimum atomic E-state index is -1.17. The van der Waals surface area contributed by atoms with E-state index >= 15 is 0 Å². The van der Waals surface area contributed by atoms with Gasteiger partial charge in [-0.2, -0.15) is 0 Å². The lowest BCUT2D eigenvalue weighted by Crippen LogP contribution is -2.27. The summed E-state index contributed by atoms with van der Waals surface area (Å²) in [6, 6.07) is 28.2. The number of H-pyrrole nitrogens is 1. The van der Waals surface area contributed by atoms with Crippen LogP contribution >= 0.6 is 11.6 Å². The van der Waals surface area contributed by atoms with Gasteiger partial charge in [0, 0.05) is 29.1 Å². The molecule has 0 aliphatic carbocycles. The predicted molar refractivity (Wildman–Crippen MR) is 166 cm³/mol. The van der Waals surface area contributed by atoms with Crippen molar-refractivity contribution in [1.29, 1.82) is 0 Å². The summed E-state index contributed by atoms with van der Waals surface area (Å²) in [4.78, 5) is 26.2. The van der Waals surface area contributed by atoms with E-state index in [9.17, 15) is 14.7 Å². The number of aromatic carboxylic acids is 1. The Morgan fingerprint density at radius 3 is 2.33 bits per heavy atom. The van der Waals surface area contributed by atoms with Crippen molar-refractivity contribution >= 4 is 34.4 Å². The number of nitrogens with two attached hydrogens (primary N) is 1. The van der Waals surface area contributed by atoms with Gasteiger partial charge in [0.05, 0.1) is 11.1 Å². The number of fused-ring (bicyclic) bond motifs is 1. The maximum atomic E-state index is 12.2. The summed E-state index contributed by atoms with van der Waals surface area (Å²) in [6.07, 6.45) is 2.07. The number of para-hydroxylation sites is 1. The highest BCUT2D eigenvalue weighted by atomic mass is 35.5. The third kappa shape index (κ3) is 5.76. The number of carboxylic acid groups (broad SMARTS) is 1. The second-order valence-electron chi connectivity index (χ2n) is 11.5. The van der Waals surface area contributed by atoms with Crippen LogP contribution < -0.4 is 10.5 Å². The summed E-state index contributed by atoms with van der Waals surface area (Å²) >= 11 is 7.78. The van der Waals surface area contributed by atoms with Crippen molar-refractivity contribution in [2.45, 2.75) is 44.1 Å². The van der Waals surface area contributed by atoms with Gasteiger partial charge in [-0.05, 0) is 58.0 Å². The zero-order valence-corrected chi connectivity index (χ0v) is 24.5. The van der Waals surface area contributed by atoms with Crippen molar-refractivity contribution in [3.05, 3.63) is 136 Å². The van der Waals surface area contributed by atoms with Gasteiger partial charge in [-0.25, -0.2) is 4.79 Å². The van der Waals surface area contributed by atoms with Crippen LogP contribution in [0.1, 0.15) is 69.3 Å². The number of carbonyl (C=O) groups excluding carboxylic acids is 1. The zero-order chi connectivity index (χ0) is 30.1. The average molecular weight is 581 g/mol. The fraction of sp³-hybridized carbons (Fsp3) is 0.200. The molecule has 0 bridgehead atoms.